The van der Waals surface area contributed by atoms with Gasteiger partial charge in [0.15, 0.2) is 0 Å². The third-order valence-corrected chi connectivity index (χ3v) is 3.63. The summed E-state index contributed by atoms with van der Waals surface area (Å²) in [6, 6.07) is 6.19. The van der Waals surface area contributed by atoms with E-state index in [0.29, 0.717) is 0 Å². The maximum Gasteiger partial charge on any atom is 0.291 e. The molecular formula is C16H26IN3O5. The molecule has 0 amide bonds. The molecule has 0 aromatic heterocycles. The Balaban J connectivity index is 0.00000104. The smallest absolute Gasteiger partial charge is 0.291 e. The van der Waals surface area contributed by atoms with Gasteiger partial charge in [-0.2, -0.15) is 0 Å². The molecule has 0 bridgehead atoms. The summed E-state index contributed by atoms with van der Waals surface area (Å²) in [7, 11) is 3.79. The molecule has 0 saturated carbocycles. The second-order valence-electron chi connectivity index (χ2n) is 5.33. The monoisotopic (exact) mass is 467 g/mol. The first-order chi connectivity index (χ1) is 11.5. The number of aliphatic hydroxyl groups is 1. The number of nitrogens with one attached hydrogen (secondary N) is 1. The Morgan fingerprint density at radius 2 is 2.04 bits per heavy atom. The Morgan fingerprint density at radius 1 is 1.36 bits per heavy atom. The number of fused-ring (bicyclic) bond motifs is 1. The first-order valence-corrected chi connectivity index (χ1v) is 7.77. The van der Waals surface area contributed by atoms with Gasteiger partial charge in [-0.1, -0.05) is 0 Å². The van der Waals surface area contributed by atoms with Gasteiger partial charge in [0.1, 0.15) is 5.75 Å². The molecule has 0 fully saturated rings. The van der Waals surface area contributed by atoms with Gasteiger partial charge in [0.05, 0.1) is 7.11 Å². The highest BCUT2D eigenvalue weighted by molar-refractivity contribution is 14.0. The Morgan fingerprint density at radius 3 is 2.64 bits per heavy atom. The van der Waals surface area contributed by atoms with Crippen LogP contribution in [0.1, 0.15) is 24.8 Å². The fraction of sp³-hybridized carbons (Fsp3) is 0.500. The SMILES string of the molecule is COc1ccc2c(c1)N(C)CC=C2NCCCCCO.I.O=[N+]([O-])O. The molecule has 2 rings (SSSR count). The molecular weight excluding hydrogens is 441 g/mol. The highest BCUT2D eigenvalue weighted by Crippen LogP contribution is 2.32. The van der Waals surface area contributed by atoms with Crippen LogP contribution in [0.25, 0.3) is 5.70 Å². The summed E-state index contributed by atoms with van der Waals surface area (Å²) in [6.07, 6.45) is 5.25. The van der Waals surface area contributed by atoms with Crippen LogP contribution in [0.5, 0.6) is 5.75 Å². The summed E-state index contributed by atoms with van der Waals surface area (Å²) in [5, 5.41) is 25.9. The van der Waals surface area contributed by atoms with Gasteiger partial charge >= 0.3 is 0 Å². The minimum absolute atomic E-state index is 0. The zero-order valence-electron chi connectivity index (χ0n) is 14.5. The van der Waals surface area contributed by atoms with Crippen LogP contribution in [0.4, 0.5) is 5.69 Å². The van der Waals surface area contributed by atoms with Crippen molar-refractivity contribution in [1.82, 2.24) is 5.32 Å². The van der Waals surface area contributed by atoms with Gasteiger partial charge in [0, 0.05) is 49.8 Å². The van der Waals surface area contributed by atoms with Gasteiger partial charge in [-0.15, -0.1) is 34.1 Å². The van der Waals surface area contributed by atoms with Gasteiger partial charge in [-0.3, -0.25) is 0 Å². The number of unbranched alkanes of at least 4 members (excludes halogenated alkanes) is 2. The Kier molecular flexibility index (Phi) is 11.7. The van der Waals surface area contributed by atoms with Crippen LogP contribution in [-0.2, 0) is 0 Å². The summed E-state index contributed by atoms with van der Waals surface area (Å²) >= 11 is 0. The molecule has 142 valence electrons. The third kappa shape index (κ3) is 8.25. The van der Waals surface area contributed by atoms with E-state index >= 15 is 0 Å². The van der Waals surface area contributed by atoms with Gasteiger partial charge in [0.25, 0.3) is 5.09 Å². The van der Waals surface area contributed by atoms with Crippen LogP contribution in [0.15, 0.2) is 24.3 Å². The maximum absolute atomic E-state index is 8.77. The van der Waals surface area contributed by atoms with Crippen LogP contribution in [0.2, 0.25) is 0 Å². The third-order valence-electron chi connectivity index (χ3n) is 3.63. The lowest BCUT2D eigenvalue weighted by Crippen LogP contribution is -2.26. The number of rotatable bonds is 7. The highest BCUT2D eigenvalue weighted by Gasteiger charge is 2.16. The van der Waals surface area contributed by atoms with Crippen molar-refractivity contribution in [3.63, 3.8) is 0 Å². The second-order valence-corrected chi connectivity index (χ2v) is 5.33. The summed E-state index contributed by atoms with van der Waals surface area (Å²) in [5.41, 5.74) is 3.62. The number of benzene rings is 1. The number of likely N-dealkylation sites (N-methyl/N-ethyl adjacent to an activating group) is 1. The van der Waals surface area contributed by atoms with Crippen LogP contribution in [0.3, 0.4) is 0 Å². The first-order valence-electron chi connectivity index (χ1n) is 7.77. The maximum atomic E-state index is 8.77. The van der Waals surface area contributed by atoms with E-state index in [4.69, 9.17) is 25.2 Å². The normalized spacial score (nSPS) is 12.0. The molecule has 8 nitrogen and oxygen atoms in total. The Bertz CT molecular complexity index is 565. The van der Waals surface area contributed by atoms with Gasteiger partial charge < -0.3 is 25.3 Å². The number of ether oxygens (including phenoxy) is 1. The van der Waals surface area contributed by atoms with E-state index in [0.717, 1.165) is 38.1 Å². The number of nitrogens with zero attached hydrogens (tertiary/aromatic N) is 2. The molecule has 0 unspecified atom stereocenters. The van der Waals surface area contributed by atoms with E-state index in [2.05, 4.69) is 35.5 Å². The summed E-state index contributed by atoms with van der Waals surface area (Å²) in [4.78, 5) is 10.6. The van der Waals surface area contributed by atoms with E-state index in [1.807, 2.05) is 6.07 Å². The van der Waals surface area contributed by atoms with Crippen molar-refractivity contribution in [1.29, 1.82) is 0 Å². The molecule has 0 atom stereocenters. The second kappa shape index (κ2) is 12.6. The van der Waals surface area contributed by atoms with Gasteiger partial charge in [-0.05, 0) is 37.5 Å². The van der Waals surface area contributed by atoms with E-state index in [-0.39, 0.29) is 30.6 Å². The molecule has 0 saturated heterocycles. The highest BCUT2D eigenvalue weighted by atomic mass is 127. The van der Waals surface area contributed by atoms with Crippen LogP contribution in [-0.4, -0.2) is 49.3 Å². The van der Waals surface area contributed by atoms with Crippen LogP contribution < -0.4 is 15.0 Å². The largest absolute Gasteiger partial charge is 0.497 e. The minimum atomic E-state index is -1.50. The number of anilines is 1. The molecule has 1 aliphatic heterocycles. The lowest BCUT2D eigenvalue weighted by Gasteiger charge is -2.28. The van der Waals surface area contributed by atoms with Crippen molar-refractivity contribution in [2.75, 3.05) is 38.8 Å². The van der Waals surface area contributed by atoms with Crippen molar-refractivity contribution in [3.8, 4) is 5.75 Å². The average Bonchev–Trinajstić information content (AvgIpc) is 2.56. The summed E-state index contributed by atoms with van der Waals surface area (Å²) in [5.74, 6) is 0.889. The first kappa shape index (κ1) is 23.2. The Labute approximate surface area is 164 Å². The fourth-order valence-electron chi connectivity index (χ4n) is 2.42. The summed E-state index contributed by atoms with van der Waals surface area (Å²) < 4.78 is 5.30. The number of halogens is 1. The van der Waals surface area contributed by atoms with Crippen molar-refractivity contribution in [2.45, 2.75) is 19.3 Å². The van der Waals surface area contributed by atoms with Crippen LogP contribution >= 0.6 is 24.0 Å². The summed E-state index contributed by atoms with van der Waals surface area (Å²) in [6.45, 7) is 2.14. The van der Waals surface area contributed by atoms with Crippen molar-refractivity contribution in [2.24, 2.45) is 0 Å². The van der Waals surface area contributed by atoms with Gasteiger partial charge in [0.2, 0.25) is 0 Å². The number of hydrogen-bond acceptors (Lipinski definition) is 6. The van der Waals surface area contributed by atoms with E-state index in [9.17, 15) is 0 Å². The fourth-order valence-corrected chi connectivity index (χ4v) is 2.42. The van der Waals surface area contributed by atoms with Gasteiger partial charge in [-0.25, -0.2) is 0 Å². The van der Waals surface area contributed by atoms with E-state index in [1.165, 1.54) is 16.9 Å². The molecule has 1 aromatic rings. The predicted octanol–water partition coefficient (Wildman–Crippen LogP) is 2.51. The number of hydrogen-bond donors (Lipinski definition) is 3. The Hall–Kier alpha value is -1.75. The van der Waals surface area contributed by atoms with E-state index < -0.39 is 5.09 Å². The zero-order valence-corrected chi connectivity index (χ0v) is 16.8. The predicted molar refractivity (Wildman–Crippen MR) is 107 cm³/mol. The molecule has 3 N–H and O–H groups in total. The lowest BCUT2D eigenvalue weighted by atomic mass is 10.0. The topological polar surface area (TPSA) is 108 Å². The van der Waals surface area contributed by atoms with E-state index in [1.54, 1.807) is 7.11 Å². The average molecular weight is 467 g/mol. The minimum Gasteiger partial charge on any atom is -0.497 e. The van der Waals surface area contributed by atoms with Crippen molar-refractivity contribution in [3.05, 3.63) is 40.0 Å². The zero-order chi connectivity index (χ0) is 17.9. The van der Waals surface area contributed by atoms with Crippen LogP contribution in [0, 0.1) is 10.1 Å². The molecule has 0 radical (unpaired) electrons. The quantitative estimate of drug-likeness (QED) is 0.245. The van der Waals surface area contributed by atoms with Crippen molar-refractivity contribution >= 4 is 35.4 Å². The molecule has 1 aliphatic rings. The molecule has 25 heavy (non-hydrogen) atoms. The number of aliphatic hydroxyl groups excluding tert-OH is 1. The molecule has 1 heterocycles. The lowest BCUT2D eigenvalue weighted by molar-refractivity contribution is -0.742. The number of methoxy groups -OCH3 is 1. The standard InChI is InChI=1S/C16H24N2O2.HI.HNO3/c1-18-10-8-15(17-9-4-3-5-11-19)14-7-6-13(20-2)12-16(14)18;;2-1(3)4/h6-8,12,17,19H,3-5,9-11H2,1-2H3;1H;(H,2,3,4). The molecule has 9 heteroatoms. The van der Waals surface area contributed by atoms with Crippen molar-refractivity contribution < 1.29 is 20.1 Å². The molecule has 1 aromatic carbocycles. The molecule has 0 aliphatic carbocycles. The molecule has 0 spiro atoms.